The molecule has 7 nitrogen and oxygen atoms in total. The first-order valence-electron chi connectivity index (χ1n) is 10.0. The number of alkyl halides is 3. The maximum absolute atomic E-state index is 13.4. The van der Waals surface area contributed by atoms with E-state index >= 15 is 0 Å². The molecule has 180 valence electrons. The van der Waals surface area contributed by atoms with Crippen molar-refractivity contribution in [2.75, 3.05) is 7.11 Å². The summed E-state index contributed by atoms with van der Waals surface area (Å²) >= 11 is 5.93. The van der Waals surface area contributed by atoms with Gasteiger partial charge in [0.15, 0.2) is 0 Å². The molecule has 0 saturated heterocycles. The molecular weight excluding hydrogens is 495 g/mol. The topological polar surface area (TPSA) is 81.5 Å². The smallest absolute Gasteiger partial charge is 0.416 e. The van der Waals surface area contributed by atoms with Gasteiger partial charge in [0.05, 0.1) is 41.8 Å². The van der Waals surface area contributed by atoms with Gasteiger partial charge in [-0.1, -0.05) is 29.8 Å². The molecule has 3 aromatic rings. The Morgan fingerprint density at radius 2 is 1.91 bits per heavy atom. The SMILES string of the molecule is COC(=O)[C@H]1Cc2ncn(Cc3ccc(Cl)cc3)c2CN1S(=O)(=O)c1cccc(C(F)(F)F)c1. The number of nitrogens with zero attached hydrogens (tertiary/aromatic N) is 3. The number of hydrogen-bond donors (Lipinski definition) is 0. The summed E-state index contributed by atoms with van der Waals surface area (Å²) in [6.45, 7) is 0.0983. The van der Waals surface area contributed by atoms with Crippen molar-refractivity contribution in [3.05, 3.63) is 82.4 Å². The number of imidazole rings is 1. The molecule has 1 atom stereocenters. The van der Waals surface area contributed by atoms with Crippen molar-refractivity contribution in [2.45, 2.75) is 36.6 Å². The molecule has 1 aliphatic heterocycles. The molecule has 0 aliphatic carbocycles. The fraction of sp³-hybridized carbons (Fsp3) is 0.273. The van der Waals surface area contributed by atoms with Crippen LogP contribution in [0.25, 0.3) is 0 Å². The Morgan fingerprint density at radius 3 is 2.56 bits per heavy atom. The molecule has 0 N–H and O–H groups in total. The zero-order valence-electron chi connectivity index (χ0n) is 17.8. The Hall–Kier alpha value is -2.89. The summed E-state index contributed by atoms with van der Waals surface area (Å²) in [6.07, 6.45) is -3.26. The Labute approximate surface area is 198 Å². The number of carbonyl (C=O) groups is 1. The van der Waals surface area contributed by atoms with Crippen molar-refractivity contribution in [3.8, 4) is 0 Å². The van der Waals surface area contributed by atoms with Crippen LogP contribution >= 0.6 is 11.6 Å². The summed E-state index contributed by atoms with van der Waals surface area (Å²) in [7, 11) is -3.37. The number of aromatic nitrogens is 2. The van der Waals surface area contributed by atoms with E-state index in [1.807, 2.05) is 12.1 Å². The van der Waals surface area contributed by atoms with Gasteiger partial charge in [0, 0.05) is 18.0 Å². The van der Waals surface area contributed by atoms with Crippen molar-refractivity contribution < 1.29 is 31.1 Å². The Morgan fingerprint density at radius 1 is 1.21 bits per heavy atom. The first-order chi connectivity index (χ1) is 16.0. The number of ether oxygens (including phenoxy) is 1. The number of hydrogen-bond acceptors (Lipinski definition) is 5. The molecule has 0 radical (unpaired) electrons. The largest absolute Gasteiger partial charge is 0.468 e. The summed E-state index contributed by atoms with van der Waals surface area (Å²) in [6, 6.07) is 9.23. The predicted molar refractivity (Wildman–Crippen MR) is 116 cm³/mol. The van der Waals surface area contributed by atoms with Crippen LogP contribution in [0, 0.1) is 0 Å². The minimum absolute atomic E-state index is 0.0756. The van der Waals surface area contributed by atoms with Crippen LogP contribution in [0.15, 0.2) is 59.8 Å². The molecule has 34 heavy (non-hydrogen) atoms. The van der Waals surface area contributed by atoms with Crippen LogP contribution in [0.3, 0.4) is 0 Å². The van der Waals surface area contributed by atoms with E-state index in [2.05, 4.69) is 4.98 Å². The molecule has 1 aliphatic rings. The molecule has 0 amide bonds. The molecule has 0 saturated carbocycles. The lowest BCUT2D eigenvalue weighted by Gasteiger charge is -2.33. The van der Waals surface area contributed by atoms with E-state index in [0.717, 1.165) is 35.2 Å². The second-order valence-corrected chi connectivity index (χ2v) is 10.0. The van der Waals surface area contributed by atoms with E-state index < -0.39 is 38.7 Å². The third-order valence-electron chi connectivity index (χ3n) is 5.58. The van der Waals surface area contributed by atoms with E-state index in [4.69, 9.17) is 16.3 Å². The minimum atomic E-state index is -4.72. The molecule has 0 bridgehead atoms. The van der Waals surface area contributed by atoms with Crippen LogP contribution in [-0.2, 0) is 45.2 Å². The highest BCUT2D eigenvalue weighted by Crippen LogP contribution is 2.34. The number of carbonyl (C=O) groups excluding carboxylic acids is 1. The van der Waals surface area contributed by atoms with Gasteiger partial charge in [-0.3, -0.25) is 4.79 Å². The van der Waals surface area contributed by atoms with E-state index in [-0.39, 0.29) is 13.0 Å². The third kappa shape index (κ3) is 4.68. The summed E-state index contributed by atoms with van der Waals surface area (Å²) in [5.74, 6) is -0.826. The number of sulfonamides is 1. The molecule has 2 heterocycles. The first-order valence-corrected chi connectivity index (χ1v) is 11.9. The highest BCUT2D eigenvalue weighted by atomic mass is 35.5. The van der Waals surface area contributed by atoms with Crippen LogP contribution < -0.4 is 0 Å². The normalized spacial score (nSPS) is 16.8. The highest BCUT2D eigenvalue weighted by Gasteiger charge is 2.43. The quantitative estimate of drug-likeness (QED) is 0.483. The van der Waals surface area contributed by atoms with Crippen molar-refractivity contribution in [1.82, 2.24) is 13.9 Å². The fourth-order valence-corrected chi connectivity index (χ4v) is 5.54. The number of rotatable bonds is 5. The van der Waals surface area contributed by atoms with Crippen molar-refractivity contribution in [3.63, 3.8) is 0 Å². The van der Waals surface area contributed by atoms with Gasteiger partial charge in [-0.15, -0.1) is 0 Å². The van der Waals surface area contributed by atoms with E-state index in [9.17, 15) is 26.4 Å². The highest BCUT2D eigenvalue weighted by molar-refractivity contribution is 7.89. The van der Waals surface area contributed by atoms with Gasteiger partial charge in [-0.25, -0.2) is 13.4 Å². The molecule has 1 aromatic heterocycles. The zero-order valence-corrected chi connectivity index (χ0v) is 19.4. The summed E-state index contributed by atoms with van der Waals surface area (Å²) < 4.78 is 73.9. The van der Waals surface area contributed by atoms with E-state index in [0.29, 0.717) is 29.0 Å². The van der Waals surface area contributed by atoms with Crippen LogP contribution in [0.5, 0.6) is 0 Å². The van der Waals surface area contributed by atoms with Crippen LogP contribution in [-0.4, -0.2) is 41.4 Å². The Balaban J connectivity index is 1.73. The Kier molecular flexibility index (Phi) is 6.45. The average Bonchev–Trinajstić information content (AvgIpc) is 3.20. The molecule has 0 unspecified atom stereocenters. The first kappa shape index (κ1) is 24.2. The van der Waals surface area contributed by atoms with Gasteiger partial charge in [0.25, 0.3) is 0 Å². The van der Waals surface area contributed by atoms with Crippen LogP contribution in [0.4, 0.5) is 13.2 Å². The number of fused-ring (bicyclic) bond motifs is 1. The number of esters is 1. The number of halogens is 4. The summed E-state index contributed by atoms with van der Waals surface area (Å²) in [5.41, 5.74) is 0.825. The molecule has 12 heteroatoms. The number of benzene rings is 2. The average molecular weight is 514 g/mol. The molecule has 0 fully saturated rings. The zero-order chi connectivity index (χ0) is 24.7. The van der Waals surface area contributed by atoms with Gasteiger partial charge in [0.2, 0.25) is 10.0 Å². The minimum Gasteiger partial charge on any atom is -0.468 e. The molecule has 2 aromatic carbocycles. The molecule has 0 spiro atoms. The predicted octanol–water partition coefficient (Wildman–Crippen LogP) is 3.89. The second-order valence-electron chi connectivity index (χ2n) is 7.71. The standard InChI is InChI=1S/C22H19ClF3N3O4S/c1-33-21(30)19-10-18-20(28(13-27-18)11-14-5-7-16(23)8-6-14)12-29(19)34(31,32)17-4-2-3-15(9-17)22(24,25)26/h2-9,13,19H,10-12H2,1H3/t19-/m1/s1. The second kappa shape index (κ2) is 9.05. The van der Waals surface area contributed by atoms with Crippen LogP contribution in [0.1, 0.15) is 22.5 Å². The number of methoxy groups -OCH3 is 1. The van der Waals surface area contributed by atoms with Gasteiger partial charge in [-0.05, 0) is 35.9 Å². The summed E-state index contributed by atoms with van der Waals surface area (Å²) in [5, 5.41) is 0.565. The van der Waals surface area contributed by atoms with Crippen LogP contribution in [0.2, 0.25) is 5.02 Å². The van der Waals surface area contributed by atoms with E-state index in [1.165, 1.54) is 6.33 Å². The third-order valence-corrected chi connectivity index (χ3v) is 7.68. The maximum Gasteiger partial charge on any atom is 0.416 e. The van der Waals surface area contributed by atoms with Crippen molar-refractivity contribution in [2.24, 2.45) is 0 Å². The fourth-order valence-electron chi connectivity index (χ4n) is 3.83. The van der Waals surface area contributed by atoms with Gasteiger partial charge < -0.3 is 9.30 Å². The maximum atomic E-state index is 13.4. The Bertz CT molecular complexity index is 1320. The lowest BCUT2D eigenvalue weighted by atomic mass is 10.1. The monoisotopic (exact) mass is 513 g/mol. The molecule has 4 rings (SSSR count). The van der Waals surface area contributed by atoms with Crippen molar-refractivity contribution >= 4 is 27.6 Å². The van der Waals surface area contributed by atoms with Gasteiger partial charge in [0.1, 0.15) is 6.04 Å². The van der Waals surface area contributed by atoms with E-state index in [1.54, 1.807) is 16.7 Å². The van der Waals surface area contributed by atoms with Gasteiger partial charge >= 0.3 is 12.1 Å². The molecular formula is C22H19ClF3N3O4S. The van der Waals surface area contributed by atoms with Gasteiger partial charge in [-0.2, -0.15) is 17.5 Å². The van der Waals surface area contributed by atoms with Crippen molar-refractivity contribution in [1.29, 1.82) is 0 Å². The lowest BCUT2D eigenvalue weighted by Crippen LogP contribution is -2.49. The summed E-state index contributed by atoms with van der Waals surface area (Å²) in [4.78, 5) is 16.2. The lowest BCUT2D eigenvalue weighted by molar-refractivity contribution is -0.145.